The number of carbonyl (C=O) groups is 1. The van der Waals surface area contributed by atoms with E-state index >= 15 is 0 Å². The third-order valence-corrected chi connectivity index (χ3v) is 5.28. The molecule has 0 unspecified atom stereocenters. The lowest BCUT2D eigenvalue weighted by Gasteiger charge is -2.25. The number of amides is 1. The number of aromatic amines is 1. The van der Waals surface area contributed by atoms with Crippen molar-refractivity contribution in [3.8, 4) is 0 Å². The van der Waals surface area contributed by atoms with Crippen molar-refractivity contribution < 1.29 is 9.53 Å². The molecule has 1 aromatic carbocycles. The molecule has 0 aliphatic heterocycles. The molecule has 0 saturated carbocycles. The molecule has 0 bridgehead atoms. The molecule has 0 fully saturated rings. The Morgan fingerprint density at radius 2 is 2.00 bits per heavy atom. The standard InChI is InChI=1S/C22H28N4O4/c1-30-15-18(27)25(13-12-16-8-4-2-5-9-16)19-20(23)26(22(29)24-21(19)28)14-17-10-6-3-7-11-17/h3,6-8,10-11H,2,4-5,9,12-15,23H2,1H3,(H,24,28,29). The summed E-state index contributed by atoms with van der Waals surface area (Å²) >= 11 is 0. The van der Waals surface area contributed by atoms with Gasteiger partial charge in [-0.05, 0) is 37.7 Å². The fourth-order valence-corrected chi connectivity index (χ4v) is 3.71. The first-order valence-electron chi connectivity index (χ1n) is 10.1. The molecule has 3 N–H and O–H groups in total. The number of hydrogen-bond donors (Lipinski definition) is 2. The van der Waals surface area contributed by atoms with Crippen LogP contribution in [0.5, 0.6) is 0 Å². The summed E-state index contributed by atoms with van der Waals surface area (Å²) in [6.45, 7) is 0.299. The molecule has 1 aliphatic carbocycles. The van der Waals surface area contributed by atoms with E-state index in [-0.39, 0.29) is 30.6 Å². The minimum atomic E-state index is -0.677. The van der Waals surface area contributed by atoms with Gasteiger partial charge in [-0.15, -0.1) is 0 Å². The summed E-state index contributed by atoms with van der Waals surface area (Å²) in [6, 6.07) is 9.31. The highest BCUT2D eigenvalue weighted by Gasteiger charge is 2.24. The van der Waals surface area contributed by atoms with Gasteiger partial charge < -0.3 is 15.4 Å². The number of nitrogens with zero attached hydrogens (tertiary/aromatic N) is 2. The van der Waals surface area contributed by atoms with Gasteiger partial charge in [-0.2, -0.15) is 0 Å². The Kier molecular flexibility index (Phi) is 7.24. The lowest BCUT2D eigenvalue weighted by atomic mass is 9.97. The van der Waals surface area contributed by atoms with Crippen LogP contribution in [0.2, 0.25) is 0 Å². The second kappa shape index (κ2) is 10.1. The number of allylic oxidation sites excluding steroid dienone is 1. The number of nitrogens with two attached hydrogens (primary N) is 1. The van der Waals surface area contributed by atoms with Crippen molar-refractivity contribution in [2.24, 2.45) is 0 Å². The SMILES string of the molecule is COCC(=O)N(CCC1=CCCCC1)c1c(N)n(Cc2ccccc2)c(=O)[nH]c1=O. The molecule has 0 spiro atoms. The average Bonchev–Trinajstić information content (AvgIpc) is 2.75. The van der Waals surface area contributed by atoms with Crippen molar-refractivity contribution in [2.45, 2.75) is 38.6 Å². The fourth-order valence-electron chi connectivity index (χ4n) is 3.71. The van der Waals surface area contributed by atoms with Crippen molar-refractivity contribution in [3.63, 3.8) is 0 Å². The molecule has 1 aromatic heterocycles. The van der Waals surface area contributed by atoms with E-state index in [1.165, 1.54) is 28.6 Å². The summed E-state index contributed by atoms with van der Waals surface area (Å²) in [4.78, 5) is 41.5. The van der Waals surface area contributed by atoms with E-state index in [9.17, 15) is 14.4 Å². The molecule has 1 amide bonds. The minimum Gasteiger partial charge on any atom is -0.383 e. The molecule has 2 aromatic rings. The van der Waals surface area contributed by atoms with Gasteiger partial charge in [-0.3, -0.25) is 19.1 Å². The first kappa shape index (κ1) is 21.6. The van der Waals surface area contributed by atoms with E-state index in [4.69, 9.17) is 10.5 Å². The van der Waals surface area contributed by atoms with E-state index in [1.807, 2.05) is 30.3 Å². The lowest BCUT2D eigenvalue weighted by molar-refractivity contribution is -0.122. The van der Waals surface area contributed by atoms with Gasteiger partial charge in [0.05, 0.1) is 6.54 Å². The third kappa shape index (κ3) is 5.07. The molecule has 8 heteroatoms. The van der Waals surface area contributed by atoms with Crippen molar-refractivity contribution >= 4 is 17.4 Å². The van der Waals surface area contributed by atoms with Crippen molar-refractivity contribution in [2.75, 3.05) is 30.9 Å². The van der Waals surface area contributed by atoms with Crippen LogP contribution in [0, 0.1) is 0 Å². The van der Waals surface area contributed by atoms with Crippen molar-refractivity contribution in [1.82, 2.24) is 9.55 Å². The Bertz CT molecular complexity index is 1020. The Morgan fingerprint density at radius 1 is 1.23 bits per heavy atom. The third-order valence-electron chi connectivity index (χ3n) is 5.28. The zero-order valence-electron chi connectivity index (χ0n) is 17.2. The highest BCUT2D eigenvalue weighted by atomic mass is 16.5. The number of anilines is 2. The summed E-state index contributed by atoms with van der Waals surface area (Å²) in [6.07, 6.45) is 7.17. The molecular formula is C22H28N4O4. The van der Waals surface area contributed by atoms with Crippen molar-refractivity contribution in [3.05, 3.63) is 68.4 Å². The zero-order valence-corrected chi connectivity index (χ0v) is 17.2. The number of nitrogen functional groups attached to an aromatic ring is 1. The molecule has 160 valence electrons. The maximum Gasteiger partial charge on any atom is 0.330 e. The maximum atomic E-state index is 12.8. The summed E-state index contributed by atoms with van der Waals surface area (Å²) < 4.78 is 6.28. The Balaban J connectivity index is 1.97. The van der Waals surface area contributed by atoms with Crippen LogP contribution in [0.1, 0.15) is 37.7 Å². The van der Waals surface area contributed by atoms with E-state index in [1.54, 1.807) is 0 Å². The van der Waals surface area contributed by atoms with Crippen LogP contribution in [-0.4, -0.2) is 35.7 Å². The lowest BCUT2D eigenvalue weighted by Crippen LogP contribution is -2.43. The van der Waals surface area contributed by atoms with E-state index in [0.29, 0.717) is 13.0 Å². The smallest absolute Gasteiger partial charge is 0.330 e. The number of methoxy groups -OCH3 is 1. The van der Waals surface area contributed by atoms with E-state index in [0.717, 1.165) is 24.8 Å². The van der Waals surface area contributed by atoms with Gasteiger partial charge in [0.25, 0.3) is 11.5 Å². The number of hydrogen-bond acceptors (Lipinski definition) is 5. The number of aromatic nitrogens is 2. The van der Waals surface area contributed by atoms with Gasteiger partial charge in [0.15, 0.2) is 5.69 Å². The van der Waals surface area contributed by atoms with E-state index in [2.05, 4.69) is 11.1 Å². The number of carbonyl (C=O) groups excluding carboxylic acids is 1. The molecule has 8 nitrogen and oxygen atoms in total. The average molecular weight is 412 g/mol. The first-order valence-corrected chi connectivity index (χ1v) is 10.1. The number of nitrogens with one attached hydrogen (secondary N) is 1. The number of ether oxygens (including phenoxy) is 1. The van der Waals surface area contributed by atoms with Crippen LogP contribution in [0.15, 0.2) is 51.6 Å². The number of benzene rings is 1. The molecule has 30 heavy (non-hydrogen) atoms. The predicted molar refractivity (Wildman–Crippen MR) is 117 cm³/mol. The second-order valence-electron chi connectivity index (χ2n) is 7.40. The molecule has 1 heterocycles. The van der Waals surface area contributed by atoms with Gasteiger partial charge in [-0.1, -0.05) is 42.0 Å². The molecule has 0 radical (unpaired) electrons. The summed E-state index contributed by atoms with van der Waals surface area (Å²) in [7, 11) is 1.42. The normalized spacial score (nSPS) is 13.7. The van der Waals surface area contributed by atoms with Crippen LogP contribution in [0.4, 0.5) is 11.5 Å². The Hall–Kier alpha value is -3.13. The molecule has 1 aliphatic rings. The van der Waals surface area contributed by atoms with Gasteiger partial charge in [0, 0.05) is 13.7 Å². The van der Waals surface area contributed by atoms with Crippen LogP contribution in [-0.2, 0) is 16.1 Å². The summed E-state index contributed by atoms with van der Waals surface area (Å²) in [5.74, 6) is -0.411. The van der Waals surface area contributed by atoms with Gasteiger partial charge in [-0.25, -0.2) is 4.79 Å². The first-order chi connectivity index (χ1) is 14.5. The van der Waals surface area contributed by atoms with Crippen LogP contribution < -0.4 is 21.9 Å². The quantitative estimate of drug-likeness (QED) is 0.645. The van der Waals surface area contributed by atoms with Crippen LogP contribution in [0.3, 0.4) is 0 Å². The highest BCUT2D eigenvalue weighted by molar-refractivity contribution is 5.96. The topological polar surface area (TPSA) is 110 Å². The number of H-pyrrole nitrogens is 1. The van der Waals surface area contributed by atoms with Gasteiger partial charge >= 0.3 is 5.69 Å². The second-order valence-corrected chi connectivity index (χ2v) is 7.40. The summed E-state index contributed by atoms with van der Waals surface area (Å²) in [5.41, 5.74) is 7.09. The van der Waals surface area contributed by atoms with Crippen molar-refractivity contribution in [1.29, 1.82) is 0 Å². The molecule has 0 atom stereocenters. The summed E-state index contributed by atoms with van der Waals surface area (Å²) in [5, 5.41) is 0. The molecule has 0 saturated heterocycles. The minimum absolute atomic E-state index is 0.0102. The largest absolute Gasteiger partial charge is 0.383 e. The zero-order chi connectivity index (χ0) is 21.5. The predicted octanol–water partition coefficient (Wildman–Crippen LogP) is 2.04. The molecule has 3 rings (SSSR count). The highest BCUT2D eigenvalue weighted by Crippen LogP contribution is 2.23. The van der Waals surface area contributed by atoms with Gasteiger partial charge in [0.1, 0.15) is 12.4 Å². The van der Waals surface area contributed by atoms with Gasteiger partial charge in [0.2, 0.25) is 0 Å². The maximum absolute atomic E-state index is 12.8. The molecular weight excluding hydrogens is 384 g/mol. The fraction of sp³-hybridized carbons (Fsp3) is 0.409. The number of rotatable bonds is 8. The monoisotopic (exact) mass is 412 g/mol. The Morgan fingerprint density at radius 3 is 2.67 bits per heavy atom. The van der Waals surface area contributed by atoms with Crippen LogP contribution in [0.25, 0.3) is 0 Å². The van der Waals surface area contributed by atoms with E-state index < -0.39 is 11.2 Å². The Labute approximate surface area is 175 Å². The van der Waals surface area contributed by atoms with Crippen LogP contribution >= 0.6 is 0 Å².